The molecule has 1 N–H and O–H groups in total. The van der Waals surface area contributed by atoms with Crippen molar-refractivity contribution in [1.82, 2.24) is 9.80 Å². The summed E-state index contributed by atoms with van der Waals surface area (Å²) in [5, 5.41) is 10.2. The molecule has 0 aromatic rings. The molecule has 0 fully saturated rings. The van der Waals surface area contributed by atoms with Gasteiger partial charge in [-0.3, -0.25) is 19.3 Å². The third kappa shape index (κ3) is 74.9. The number of nitrogens with zero attached hydrogens (tertiary/aromatic N) is 2. The van der Waals surface area contributed by atoms with Crippen molar-refractivity contribution < 1.29 is 52.6 Å². The number of carbonyl (C=O) groups excluding carboxylic acids is 3. The van der Waals surface area contributed by atoms with Crippen molar-refractivity contribution in [3.8, 4) is 0 Å². The van der Waals surface area contributed by atoms with Gasteiger partial charge in [0.1, 0.15) is 24.4 Å². The van der Waals surface area contributed by atoms with Crippen LogP contribution in [0, 0.1) is 0 Å². The Kier molecular flexibility index (Phi) is 82.7. The second-order valence-electron chi connectivity index (χ2n) is 30.7. The molecule has 0 aliphatic carbocycles. The van der Waals surface area contributed by atoms with Gasteiger partial charge >= 0.3 is 17.9 Å². The first kappa shape index (κ1) is 102. The van der Waals surface area contributed by atoms with Gasteiger partial charge < -0.3 is 43.2 Å². The van der Waals surface area contributed by atoms with Crippen molar-refractivity contribution in [3.05, 3.63) is 48.6 Å². The van der Waals surface area contributed by atoms with Crippen LogP contribution in [0.4, 0.5) is 0 Å². The summed E-state index contributed by atoms with van der Waals surface area (Å²) in [5.41, 5.74) is 0. The SMILES string of the molecule is CCCCC/C=C/C/C=C/CCCCCCCCC(CCCCCCCC/C=C/C/C=C/CCCCC)OC(=O)C(CCCCN(CCCCCCCC(=O)OC(COCCCCCC)COCCCCCC)CCCCCCCC(=O)OC(COCCCCCC)COCCCCCC)N(C)CCO. The number of aliphatic hydroxyl groups is 1. The lowest BCUT2D eigenvalue weighted by Crippen LogP contribution is -2.42. The number of aliphatic hydroxyl groups excluding tert-OH is 1. The fourth-order valence-corrected chi connectivity index (χ4v) is 13.4. The van der Waals surface area contributed by atoms with Crippen LogP contribution < -0.4 is 0 Å². The molecule has 0 aliphatic heterocycles. The molecule has 1 unspecified atom stereocenters. The van der Waals surface area contributed by atoms with Gasteiger partial charge in [-0.15, -0.1) is 0 Å². The zero-order chi connectivity index (χ0) is 76.3. The number of hydrogen-bond donors (Lipinski definition) is 1. The highest BCUT2D eigenvalue weighted by Gasteiger charge is 2.27. The first-order chi connectivity index (χ1) is 51.7. The van der Waals surface area contributed by atoms with Crippen LogP contribution in [-0.4, -0.2) is 150 Å². The number of ether oxygens (including phenoxy) is 7. The summed E-state index contributed by atoms with van der Waals surface area (Å²) in [4.78, 5) is 45.4. The van der Waals surface area contributed by atoms with Gasteiger partial charge in [0.15, 0.2) is 0 Å². The molecule has 13 nitrogen and oxygen atoms in total. The van der Waals surface area contributed by atoms with E-state index in [2.05, 4.69) is 95.1 Å². The largest absolute Gasteiger partial charge is 0.461 e. The number of carbonyl (C=O) groups is 3. The lowest BCUT2D eigenvalue weighted by atomic mass is 10.0. The Hall–Kier alpha value is -2.91. The maximum atomic E-state index is 14.5. The van der Waals surface area contributed by atoms with E-state index in [0.29, 0.717) is 78.7 Å². The molecule has 0 saturated carbocycles. The van der Waals surface area contributed by atoms with Crippen LogP contribution in [-0.2, 0) is 47.5 Å². The number of rotatable bonds is 86. The highest BCUT2D eigenvalue weighted by atomic mass is 16.6. The van der Waals surface area contributed by atoms with Gasteiger partial charge in [0, 0.05) is 45.8 Å². The quantitative estimate of drug-likeness (QED) is 0.0267. The van der Waals surface area contributed by atoms with Crippen LogP contribution >= 0.6 is 0 Å². The summed E-state index contributed by atoms with van der Waals surface area (Å²) >= 11 is 0. The van der Waals surface area contributed by atoms with Crippen LogP contribution in [0.15, 0.2) is 48.6 Å². The molecular formula is C92H174N2O11. The Morgan fingerprint density at radius 3 is 0.943 bits per heavy atom. The molecule has 0 rings (SSSR count). The van der Waals surface area contributed by atoms with Crippen LogP contribution in [0.5, 0.6) is 0 Å². The van der Waals surface area contributed by atoms with E-state index in [9.17, 15) is 19.5 Å². The number of likely N-dealkylation sites (N-methyl/N-ethyl adjacent to an activating group) is 1. The number of esters is 3. The predicted octanol–water partition coefficient (Wildman–Crippen LogP) is 25.0. The van der Waals surface area contributed by atoms with Crippen molar-refractivity contribution in [1.29, 1.82) is 0 Å². The van der Waals surface area contributed by atoms with Gasteiger partial charge in [-0.25, -0.2) is 0 Å². The van der Waals surface area contributed by atoms with Crippen molar-refractivity contribution in [2.75, 3.05) is 92.7 Å². The van der Waals surface area contributed by atoms with E-state index in [1.54, 1.807) is 0 Å². The van der Waals surface area contributed by atoms with E-state index < -0.39 is 6.04 Å². The fourth-order valence-electron chi connectivity index (χ4n) is 13.4. The molecule has 0 aromatic carbocycles. The number of unbranched alkanes of at least 4 members (excludes halogenated alkanes) is 39. The average Bonchev–Trinajstić information content (AvgIpc) is 0.927. The van der Waals surface area contributed by atoms with E-state index in [1.165, 1.54) is 167 Å². The summed E-state index contributed by atoms with van der Waals surface area (Å²) in [6.45, 7) is 21.1. The monoisotopic (exact) mass is 1480 g/mol. The minimum Gasteiger partial charge on any atom is -0.461 e. The third-order valence-corrected chi connectivity index (χ3v) is 20.3. The Morgan fingerprint density at radius 2 is 0.590 bits per heavy atom. The molecule has 0 spiro atoms. The molecule has 0 amide bonds. The minimum absolute atomic E-state index is 0.000807. The molecule has 0 saturated heterocycles. The molecule has 0 bridgehead atoms. The molecule has 13 heteroatoms. The van der Waals surface area contributed by atoms with Crippen LogP contribution in [0.1, 0.15) is 408 Å². The molecular weight excluding hydrogens is 1310 g/mol. The van der Waals surface area contributed by atoms with E-state index >= 15 is 0 Å². The van der Waals surface area contributed by atoms with Gasteiger partial charge in [-0.1, -0.05) is 289 Å². The lowest BCUT2D eigenvalue weighted by Gasteiger charge is -2.29. The topological polar surface area (TPSA) is 143 Å². The minimum atomic E-state index is -0.393. The number of allylic oxidation sites excluding steroid dienone is 8. The van der Waals surface area contributed by atoms with Crippen molar-refractivity contribution in [2.45, 2.75) is 432 Å². The fraction of sp³-hybridized carbons (Fsp3) is 0.880. The summed E-state index contributed by atoms with van der Waals surface area (Å²) in [6, 6.07) is -0.393. The highest BCUT2D eigenvalue weighted by Crippen LogP contribution is 2.22. The molecule has 105 heavy (non-hydrogen) atoms. The van der Waals surface area contributed by atoms with Gasteiger partial charge in [-0.05, 0) is 181 Å². The predicted molar refractivity (Wildman–Crippen MR) is 447 cm³/mol. The maximum absolute atomic E-state index is 14.5. The third-order valence-electron chi connectivity index (χ3n) is 20.3. The van der Waals surface area contributed by atoms with Crippen molar-refractivity contribution in [2.24, 2.45) is 0 Å². The first-order valence-corrected chi connectivity index (χ1v) is 45.2. The lowest BCUT2D eigenvalue weighted by molar-refractivity contribution is -0.157. The maximum Gasteiger partial charge on any atom is 0.323 e. The Morgan fingerprint density at radius 1 is 0.305 bits per heavy atom. The normalized spacial score (nSPS) is 12.5. The highest BCUT2D eigenvalue weighted by molar-refractivity contribution is 5.76. The second kappa shape index (κ2) is 85.1. The van der Waals surface area contributed by atoms with Crippen LogP contribution in [0.2, 0.25) is 0 Å². The summed E-state index contributed by atoms with van der Waals surface area (Å²) in [6.07, 6.45) is 80.7. The summed E-state index contributed by atoms with van der Waals surface area (Å²) < 4.78 is 42.4. The Labute approximate surface area is 650 Å². The van der Waals surface area contributed by atoms with Crippen LogP contribution in [0.3, 0.4) is 0 Å². The molecule has 0 aromatic heterocycles. The van der Waals surface area contributed by atoms with Crippen molar-refractivity contribution in [3.63, 3.8) is 0 Å². The molecule has 0 aliphatic rings. The van der Waals surface area contributed by atoms with E-state index in [4.69, 9.17) is 33.2 Å². The van der Waals surface area contributed by atoms with E-state index in [1.807, 2.05) is 11.9 Å². The zero-order valence-corrected chi connectivity index (χ0v) is 70.3. The van der Waals surface area contributed by atoms with Gasteiger partial charge in [0.2, 0.25) is 0 Å². The smallest absolute Gasteiger partial charge is 0.323 e. The first-order valence-electron chi connectivity index (χ1n) is 45.2. The van der Waals surface area contributed by atoms with Gasteiger partial charge in [0.05, 0.1) is 33.0 Å². The second-order valence-corrected chi connectivity index (χ2v) is 30.7. The molecule has 618 valence electrons. The van der Waals surface area contributed by atoms with E-state index in [0.717, 1.165) is 199 Å². The van der Waals surface area contributed by atoms with Crippen molar-refractivity contribution >= 4 is 17.9 Å². The van der Waals surface area contributed by atoms with Gasteiger partial charge in [0.25, 0.3) is 0 Å². The average molecular weight is 1480 g/mol. The summed E-state index contributed by atoms with van der Waals surface area (Å²) in [5.74, 6) is -0.437. The number of hydrogen-bond acceptors (Lipinski definition) is 13. The molecule has 0 heterocycles. The van der Waals surface area contributed by atoms with Crippen LogP contribution in [0.25, 0.3) is 0 Å². The summed E-state index contributed by atoms with van der Waals surface area (Å²) in [7, 11) is 1.98. The van der Waals surface area contributed by atoms with Gasteiger partial charge in [-0.2, -0.15) is 0 Å². The zero-order valence-electron chi connectivity index (χ0n) is 70.3. The standard InChI is InChI=1S/C92H174N2O11/c1-8-14-20-26-28-30-32-34-36-38-40-42-44-46-50-56-68-86(69-57-51-47-45-43-41-39-37-35-33-31-29-27-21-15-9-2)105-92(98)89(93(7)76-77-95)70-60-63-75-94(73-61-54-48-52-58-71-90(96)103-87(82-99-78-64-22-16-10-3)83-100-79-65-23-17-11-4)74-62-55-49-53-59-72-91(97)104-88(84-101-80-66-24-18-12-5)85-102-81-67-25-19-13-6/h28-31,34-37,86-89,95H,8-27,32-33,38-85H2,1-7H3/b30-28+,31-29+,36-34+,37-35+. The van der Waals surface area contributed by atoms with E-state index in [-0.39, 0.29) is 42.8 Å². The molecule has 0 radical (unpaired) electrons. The Balaban J connectivity index is 5.84. The Bertz CT molecular complexity index is 1770. The molecule has 1 atom stereocenters.